The van der Waals surface area contributed by atoms with E-state index in [0.29, 0.717) is 26.1 Å². The van der Waals surface area contributed by atoms with Crippen LogP contribution < -0.4 is 4.74 Å². The Morgan fingerprint density at radius 2 is 1.71 bits per heavy atom. The van der Waals surface area contributed by atoms with Crippen molar-refractivity contribution in [3.8, 4) is 5.75 Å². The van der Waals surface area contributed by atoms with Crippen molar-refractivity contribution in [2.45, 2.75) is 30.2 Å². The van der Waals surface area contributed by atoms with E-state index in [-0.39, 0.29) is 10.8 Å². The molecule has 6 nitrogen and oxygen atoms in total. The molecule has 1 unspecified atom stereocenters. The molecule has 150 valence electrons. The second-order valence-corrected chi connectivity index (χ2v) is 8.75. The monoisotopic (exact) mass is 402 g/mol. The van der Waals surface area contributed by atoms with E-state index in [2.05, 4.69) is 0 Å². The van der Waals surface area contributed by atoms with Gasteiger partial charge in [-0.3, -0.25) is 4.79 Å². The second kappa shape index (κ2) is 9.21. The summed E-state index contributed by atoms with van der Waals surface area (Å²) >= 11 is 0. The van der Waals surface area contributed by atoms with Crippen LogP contribution in [0.2, 0.25) is 0 Å². The Morgan fingerprint density at radius 3 is 2.39 bits per heavy atom. The zero-order valence-electron chi connectivity index (χ0n) is 16.0. The van der Waals surface area contributed by atoms with Gasteiger partial charge in [-0.05, 0) is 37.1 Å². The van der Waals surface area contributed by atoms with Crippen molar-refractivity contribution in [2.24, 2.45) is 0 Å². The van der Waals surface area contributed by atoms with Crippen LogP contribution in [0.1, 0.15) is 19.3 Å². The Balaban J connectivity index is 1.66. The lowest BCUT2D eigenvalue weighted by Gasteiger charge is -2.35. The first-order valence-corrected chi connectivity index (χ1v) is 10.9. The fraction of sp³-hybridized carbons (Fsp3) is 0.381. The molecule has 1 fully saturated rings. The van der Waals surface area contributed by atoms with Gasteiger partial charge in [-0.25, -0.2) is 8.42 Å². The quantitative estimate of drug-likeness (QED) is 0.714. The van der Waals surface area contributed by atoms with Gasteiger partial charge in [0, 0.05) is 13.6 Å². The molecule has 0 N–H and O–H groups in total. The average Bonchev–Trinajstić information content (AvgIpc) is 2.74. The number of carbonyl (C=O) groups excluding carboxylic acids is 1. The number of sulfonamides is 1. The minimum Gasteiger partial charge on any atom is -0.492 e. The first kappa shape index (κ1) is 20.4. The maximum Gasteiger partial charge on any atom is 0.243 e. The molecular weight excluding hydrogens is 376 g/mol. The molecule has 1 saturated heterocycles. The van der Waals surface area contributed by atoms with Crippen molar-refractivity contribution < 1.29 is 17.9 Å². The Kier molecular flexibility index (Phi) is 6.70. The summed E-state index contributed by atoms with van der Waals surface area (Å²) in [4.78, 5) is 14.8. The number of ether oxygens (including phenoxy) is 1. The molecule has 0 bridgehead atoms. The molecule has 1 atom stereocenters. The first-order valence-electron chi connectivity index (χ1n) is 9.50. The molecule has 3 rings (SSSR count). The van der Waals surface area contributed by atoms with Gasteiger partial charge in [-0.1, -0.05) is 42.8 Å². The summed E-state index contributed by atoms with van der Waals surface area (Å²) in [6, 6.07) is 17.0. The molecule has 2 aromatic rings. The summed E-state index contributed by atoms with van der Waals surface area (Å²) in [6.07, 6.45) is 2.14. The van der Waals surface area contributed by atoms with Gasteiger partial charge in [0.15, 0.2) is 0 Å². The molecule has 1 amide bonds. The van der Waals surface area contributed by atoms with Crippen LogP contribution in [-0.4, -0.2) is 56.3 Å². The first-order chi connectivity index (χ1) is 13.5. The second-order valence-electron chi connectivity index (χ2n) is 6.86. The molecule has 1 aliphatic rings. The topological polar surface area (TPSA) is 66.9 Å². The van der Waals surface area contributed by atoms with E-state index in [1.807, 2.05) is 30.3 Å². The smallest absolute Gasteiger partial charge is 0.243 e. The molecule has 28 heavy (non-hydrogen) atoms. The number of likely N-dealkylation sites (N-methyl/N-ethyl adjacent to an activating group) is 1. The van der Waals surface area contributed by atoms with E-state index in [1.54, 1.807) is 42.3 Å². The molecule has 0 aromatic heterocycles. The van der Waals surface area contributed by atoms with E-state index in [9.17, 15) is 13.2 Å². The van der Waals surface area contributed by atoms with Crippen molar-refractivity contribution >= 4 is 15.9 Å². The van der Waals surface area contributed by atoms with Crippen LogP contribution >= 0.6 is 0 Å². The lowest BCUT2D eigenvalue weighted by molar-refractivity contribution is -0.135. The SMILES string of the molecule is CN(CCOc1ccccc1)C(=O)C1CCCCN1S(=O)(=O)c1ccccc1. The number of rotatable bonds is 7. The highest BCUT2D eigenvalue weighted by Crippen LogP contribution is 2.26. The number of amides is 1. The van der Waals surface area contributed by atoms with Crippen LogP contribution in [0.15, 0.2) is 65.6 Å². The van der Waals surface area contributed by atoms with Gasteiger partial charge in [-0.15, -0.1) is 0 Å². The van der Waals surface area contributed by atoms with Gasteiger partial charge < -0.3 is 9.64 Å². The minimum absolute atomic E-state index is 0.184. The van der Waals surface area contributed by atoms with Crippen LogP contribution in [0, 0.1) is 0 Å². The lowest BCUT2D eigenvalue weighted by Crippen LogP contribution is -2.52. The van der Waals surface area contributed by atoms with E-state index in [0.717, 1.165) is 18.6 Å². The predicted octanol–water partition coefficient (Wildman–Crippen LogP) is 2.77. The molecule has 0 aliphatic carbocycles. The summed E-state index contributed by atoms with van der Waals surface area (Å²) in [5.41, 5.74) is 0. The number of hydrogen-bond acceptors (Lipinski definition) is 4. The van der Waals surface area contributed by atoms with E-state index in [4.69, 9.17) is 4.74 Å². The third kappa shape index (κ3) is 4.72. The molecule has 1 aliphatic heterocycles. The van der Waals surface area contributed by atoms with E-state index < -0.39 is 16.1 Å². The fourth-order valence-electron chi connectivity index (χ4n) is 3.35. The van der Waals surface area contributed by atoms with E-state index in [1.165, 1.54) is 4.31 Å². The number of piperidine rings is 1. The molecule has 0 radical (unpaired) electrons. The van der Waals surface area contributed by atoms with Gasteiger partial charge in [0.1, 0.15) is 18.4 Å². The molecule has 0 spiro atoms. The number of benzene rings is 2. The maximum absolute atomic E-state index is 13.1. The molecule has 0 saturated carbocycles. The van der Waals surface area contributed by atoms with Gasteiger partial charge >= 0.3 is 0 Å². The summed E-state index contributed by atoms with van der Waals surface area (Å²) in [6.45, 7) is 1.11. The van der Waals surface area contributed by atoms with Crippen molar-refractivity contribution in [1.82, 2.24) is 9.21 Å². The highest BCUT2D eigenvalue weighted by molar-refractivity contribution is 7.89. The van der Waals surface area contributed by atoms with Crippen LogP contribution in [0.25, 0.3) is 0 Å². The molecular formula is C21H26N2O4S. The molecule has 7 heteroatoms. The third-order valence-corrected chi connectivity index (χ3v) is 6.83. The standard InChI is InChI=1S/C21H26N2O4S/c1-22(16-17-27-18-10-4-2-5-11-18)21(24)20-14-8-9-15-23(20)28(25,26)19-12-6-3-7-13-19/h2-7,10-13,20H,8-9,14-17H2,1H3. The number of carbonyl (C=O) groups is 1. The largest absolute Gasteiger partial charge is 0.492 e. The van der Waals surface area contributed by atoms with Crippen molar-refractivity contribution in [3.05, 3.63) is 60.7 Å². The lowest BCUT2D eigenvalue weighted by atomic mass is 10.0. The Hall–Kier alpha value is -2.38. The molecule has 2 aromatic carbocycles. The zero-order chi connectivity index (χ0) is 20.0. The minimum atomic E-state index is -3.70. The van der Waals surface area contributed by atoms with Gasteiger partial charge in [0.05, 0.1) is 11.4 Å². The van der Waals surface area contributed by atoms with Crippen LogP contribution in [0.3, 0.4) is 0 Å². The van der Waals surface area contributed by atoms with Crippen molar-refractivity contribution in [3.63, 3.8) is 0 Å². The average molecular weight is 403 g/mol. The highest BCUT2D eigenvalue weighted by Gasteiger charge is 2.38. The normalized spacial score (nSPS) is 17.8. The van der Waals surface area contributed by atoms with Crippen LogP contribution in [0.5, 0.6) is 5.75 Å². The summed E-state index contributed by atoms with van der Waals surface area (Å²) in [5.74, 6) is 0.560. The van der Waals surface area contributed by atoms with E-state index >= 15 is 0 Å². The number of para-hydroxylation sites is 1. The number of hydrogen-bond donors (Lipinski definition) is 0. The van der Waals surface area contributed by atoms with Crippen molar-refractivity contribution in [1.29, 1.82) is 0 Å². The highest BCUT2D eigenvalue weighted by atomic mass is 32.2. The van der Waals surface area contributed by atoms with Crippen molar-refractivity contribution in [2.75, 3.05) is 26.7 Å². The summed E-state index contributed by atoms with van der Waals surface area (Å²) < 4.78 is 33.1. The third-order valence-electron chi connectivity index (χ3n) is 4.90. The zero-order valence-corrected chi connectivity index (χ0v) is 16.8. The van der Waals surface area contributed by atoms with Gasteiger partial charge in [0.25, 0.3) is 0 Å². The van der Waals surface area contributed by atoms with Gasteiger partial charge in [-0.2, -0.15) is 4.31 Å². The van der Waals surface area contributed by atoms with Gasteiger partial charge in [0.2, 0.25) is 15.9 Å². The Labute approximate surface area is 166 Å². The molecule has 1 heterocycles. The fourth-order valence-corrected chi connectivity index (χ4v) is 5.02. The summed E-state index contributed by atoms with van der Waals surface area (Å²) in [5, 5.41) is 0. The predicted molar refractivity (Wildman–Crippen MR) is 108 cm³/mol. The Bertz CT molecular complexity index is 872. The maximum atomic E-state index is 13.1. The summed E-state index contributed by atoms with van der Waals surface area (Å²) in [7, 11) is -2.01. The Morgan fingerprint density at radius 1 is 1.07 bits per heavy atom. The van der Waals surface area contributed by atoms with Crippen LogP contribution in [0.4, 0.5) is 0 Å². The number of nitrogens with zero attached hydrogens (tertiary/aromatic N) is 2. The van der Waals surface area contributed by atoms with Crippen LogP contribution in [-0.2, 0) is 14.8 Å².